The van der Waals surface area contributed by atoms with Crippen LogP contribution in [0.15, 0.2) is 88.0 Å². The van der Waals surface area contributed by atoms with Gasteiger partial charge in [0.25, 0.3) is 0 Å². The molecule has 2 heterocycles. The van der Waals surface area contributed by atoms with Crippen LogP contribution in [0, 0.1) is 6.92 Å². The monoisotopic (exact) mass is 452 g/mol. The summed E-state index contributed by atoms with van der Waals surface area (Å²) in [5.74, 6) is -1.02. The summed E-state index contributed by atoms with van der Waals surface area (Å²) in [4.78, 5) is 40.2. The minimum atomic E-state index is -1.02. The van der Waals surface area contributed by atoms with Crippen LogP contribution in [0.4, 0.5) is 0 Å². The lowest BCUT2D eigenvalue weighted by Gasteiger charge is -2.05. The molecule has 0 atom stereocenters. The molecule has 0 spiro atoms. The van der Waals surface area contributed by atoms with Gasteiger partial charge in [0.1, 0.15) is 0 Å². The van der Waals surface area contributed by atoms with Crippen molar-refractivity contribution in [1.82, 2.24) is 19.2 Å². The van der Waals surface area contributed by atoms with Gasteiger partial charge in [0, 0.05) is 17.4 Å². The number of hydrogen-bond donors (Lipinski definition) is 2. The van der Waals surface area contributed by atoms with E-state index in [2.05, 4.69) is 10.1 Å². The predicted molar refractivity (Wildman–Crippen MR) is 129 cm³/mol. The van der Waals surface area contributed by atoms with Gasteiger partial charge in [-0.2, -0.15) is 9.08 Å². The number of fused-ring (bicyclic) bond motifs is 3. The molecule has 8 heteroatoms. The molecule has 0 unspecified atom stereocenters. The number of aromatic amines is 1. The fraction of sp³-hybridized carbons (Fsp3) is 0.0769. The average Bonchev–Trinajstić information content (AvgIpc) is 3.18. The second kappa shape index (κ2) is 8.32. The topological polar surface area (TPSA) is 109 Å². The minimum absolute atomic E-state index is 0.194. The fourth-order valence-electron chi connectivity index (χ4n) is 3.90. The molecule has 2 aromatic heterocycles. The molecule has 3 aromatic carbocycles. The minimum Gasteiger partial charge on any atom is -0.478 e. The first-order chi connectivity index (χ1) is 16.4. The van der Waals surface area contributed by atoms with Crippen LogP contribution in [0.2, 0.25) is 0 Å². The van der Waals surface area contributed by atoms with E-state index in [-0.39, 0.29) is 17.6 Å². The highest BCUT2D eigenvalue weighted by molar-refractivity contribution is 5.96. The highest BCUT2D eigenvalue weighted by Crippen LogP contribution is 2.20. The normalized spacial score (nSPS) is 11.9. The van der Waals surface area contributed by atoms with Gasteiger partial charge in [-0.05, 0) is 48.4 Å². The molecule has 0 aliphatic carbocycles. The number of nitrogens with zero attached hydrogens (tertiary/aromatic N) is 3. The van der Waals surface area contributed by atoms with Gasteiger partial charge in [-0.15, -0.1) is 5.10 Å². The fourth-order valence-corrected chi connectivity index (χ4v) is 3.90. The number of aromatic nitrogens is 4. The van der Waals surface area contributed by atoms with Crippen molar-refractivity contribution >= 4 is 28.6 Å². The van der Waals surface area contributed by atoms with Gasteiger partial charge < -0.3 is 10.1 Å². The van der Waals surface area contributed by atoms with Crippen molar-refractivity contribution in [3.8, 4) is 5.69 Å². The van der Waals surface area contributed by atoms with E-state index in [0.29, 0.717) is 22.2 Å². The molecule has 0 radical (unpaired) electrons. The summed E-state index contributed by atoms with van der Waals surface area (Å²) in [7, 11) is 0. The van der Waals surface area contributed by atoms with Crippen LogP contribution in [-0.4, -0.2) is 30.2 Å². The summed E-state index contributed by atoms with van der Waals surface area (Å²) in [6.07, 6.45) is 1.85. The second-order valence-corrected chi connectivity index (χ2v) is 8.06. The molecule has 5 rings (SSSR count). The van der Waals surface area contributed by atoms with E-state index < -0.39 is 17.3 Å². The first-order valence-corrected chi connectivity index (χ1v) is 10.6. The molecule has 0 bridgehead atoms. The lowest BCUT2D eigenvalue weighted by atomic mass is 10.0. The molecule has 0 amide bonds. The van der Waals surface area contributed by atoms with Crippen LogP contribution in [-0.2, 0) is 11.2 Å². The maximum atomic E-state index is 13.0. The molecule has 34 heavy (non-hydrogen) atoms. The summed E-state index contributed by atoms with van der Waals surface area (Å²) in [6, 6.07) is 21.7. The van der Waals surface area contributed by atoms with Gasteiger partial charge in [-0.25, -0.2) is 14.4 Å². The van der Waals surface area contributed by atoms with E-state index >= 15 is 0 Å². The third-order valence-electron chi connectivity index (χ3n) is 5.64. The largest absolute Gasteiger partial charge is 0.478 e. The van der Waals surface area contributed by atoms with E-state index in [1.165, 1.54) is 4.68 Å². The zero-order valence-corrected chi connectivity index (χ0v) is 18.2. The summed E-state index contributed by atoms with van der Waals surface area (Å²) in [5, 5.41) is 14.7. The number of benzene rings is 3. The van der Waals surface area contributed by atoms with Crippen molar-refractivity contribution in [3.63, 3.8) is 0 Å². The van der Waals surface area contributed by atoms with E-state index in [1.54, 1.807) is 36.4 Å². The third kappa shape index (κ3) is 3.81. The lowest BCUT2D eigenvalue weighted by Crippen LogP contribution is -2.29. The molecule has 2 N–H and O–H groups in total. The van der Waals surface area contributed by atoms with Crippen LogP contribution in [0.1, 0.15) is 16.7 Å². The Morgan fingerprint density at radius 3 is 2.47 bits per heavy atom. The summed E-state index contributed by atoms with van der Waals surface area (Å²) in [5.41, 5.74) is 2.80. The van der Waals surface area contributed by atoms with Crippen molar-refractivity contribution in [2.24, 2.45) is 0 Å². The molecule has 5 aromatic rings. The van der Waals surface area contributed by atoms with Crippen molar-refractivity contribution in [3.05, 3.63) is 116 Å². The number of carbonyl (C=O) groups is 1. The second-order valence-electron chi connectivity index (χ2n) is 8.06. The number of H-pyrrole nitrogens is 1. The van der Waals surface area contributed by atoms with Crippen LogP contribution < -0.4 is 11.4 Å². The Labute approximate surface area is 193 Å². The maximum Gasteiger partial charge on any atom is 0.359 e. The number of hydrogen-bond acceptors (Lipinski definition) is 4. The van der Waals surface area contributed by atoms with Gasteiger partial charge >= 0.3 is 17.3 Å². The van der Waals surface area contributed by atoms with E-state index in [4.69, 9.17) is 0 Å². The lowest BCUT2D eigenvalue weighted by molar-refractivity contribution is -0.132. The first-order valence-electron chi connectivity index (χ1n) is 10.6. The average molecular weight is 452 g/mol. The maximum absolute atomic E-state index is 13.0. The Morgan fingerprint density at radius 1 is 1.03 bits per heavy atom. The number of rotatable bonds is 5. The third-order valence-corrected chi connectivity index (χ3v) is 5.64. The van der Waals surface area contributed by atoms with Crippen LogP contribution in [0.25, 0.3) is 28.3 Å². The smallest absolute Gasteiger partial charge is 0.359 e. The quantitative estimate of drug-likeness (QED) is 0.398. The van der Waals surface area contributed by atoms with Gasteiger partial charge in [-0.3, -0.25) is 0 Å². The zero-order valence-electron chi connectivity index (χ0n) is 18.2. The molecule has 0 aliphatic heterocycles. The molecular formula is C26H20N4O4. The van der Waals surface area contributed by atoms with Gasteiger partial charge in [-0.1, -0.05) is 54.1 Å². The number of aryl methyl sites for hydroxylation is 1. The Balaban J connectivity index is 1.67. The predicted octanol–water partition coefficient (Wildman–Crippen LogP) is 3.35. The molecule has 8 nitrogen and oxygen atoms in total. The highest BCUT2D eigenvalue weighted by atomic mass is 16.4. The number of carboxylic acids is 1. The number of aliphatic carboxylic acids is 1. The summed E-state index contributed by atoms with van der Waals surface area (Å²) < 4.78 is 2.17. The highest BCUT2D eigenvalue weighted by Gasteiger charge is 2.16. The summed E-state index contributed by atoms with van der Waals surface area (Å²) in [6.45, 7) is 1.94. The molecule has 168 valence electrons. The molecule has 0 aliphatic rings. The van der Waals surface area contributed by atoms with Crippen molar-refractivity contribution in [2.75, 3.05) is 0 Å². The Bertz CT molecular complexity index is 1690. The van der Waals surface area contributed by atoms with Crippen molar-refractivity contribution < 1.29 is 9.90 Å². The van der Waals surface area contributed by atoms with Crippen molar-refractivity contribution in [1.29, 1.82) is 0 Å². The van der Waals surface area contributed by atoms with Gasteiger partial charge in [0.05, 0.1) is 11.2 Å². The molecule has 0 saturated heterocycles. The Morgan fingerprint density at radius 2 is 1.76 bits per heavy atom. The van der Waals surface area contributed by atoms with E-state index in [0.717, 1.165) is 15.5 Å². The van der Waals surface area contributed by atoms with Crippen LogP contribution in [0.5, 0.6) is 0 Å². The van der Waals surface area contributed by atoms with E-state index in [9.17, 15) is 19.5 Å². The number of nitrogens with one attached hydrogen (secondary N) is 1. The summed E-state index contributed by atoms with van der Waals surface area (Å²) >= 11 is 0. The van der Waals surface area contributed by atoms with Gasteiger partial charge in [0.15, 0.2) is 5.65 Å². The Hall–Kier alpha value is -4.72. The SMILES string of the molecule is Cc1ccc(-n2nc3c4cc(/C=C(\Cc5ccccc5)C(=O)O)ccc4[nH]c(=O)n3c2=O)cc1. The first kappa shape index (κ1) is 21.1. The molecular weight excluding hydrogens is 432 g/mol. The Kier molecular flexibility index (Phi) is 5.18. The molecule has 0 saturated carbocycles. The van der Waals surface area contributed by atoms with Gasteiger partial charge in [0.2, 0.25) is 0 Å². The van der Waals surface area contributed by atoms with Crippen molar-refractivity contribution in [2.45, 2.75) is 13.3 Å². The molecule has 0 fully saturated rings. The van der Waals surface area contributed by atoms with E-state index in [1.807, 2.05) is 49.4 Å². The van der Waals surface area contributed by atoms with Crippen LogP contribution in [0.3, 0.4) is 0 Å². The standard InChI is InChI=1S/C26H20N4O4/c1-16-7-10-20(11-8-16)30-26(34)29-23(28-30)21-15-18(9-12-22(21)27-25(29)33)14-19(24(31)32)13-17-5-3-2-4-6-17/h2-12,14-15H,13H2,1H3,(H,27,33)(H,31,32)/b19-14+. The number of carboxylic acid groups (broad SMARTS) is 1. The van der Waals surface area contributed by atoms with Crippen LogP contribution >= 0.6 is 0 Å². The zero-order chi connectivity index (χ0) is 23.8.